The third-order valence-corrected chi connectivity index (χ3v) is 3.65. The SMILES string of the molecule is NCCCCNc1ccc2c(c1)NC(=O)CS2. The van der Waals surface area contributed by atoms with Gasteiger partial charge in [-0.05, 0) is 37.6 Å². The molecule has 0 aliphatic carbocycles. The van der Waals surface area contributed by atoms with Gasteiger partial charge in [0.1, 0.15) is 0 Å². The molecule has 0 radical (unpaired) electrons. The van der Waals surface area contributed by atoms with Crippen molar-refractivity contribution in [3.05, 3.63) is 18.2 Å². The number of carbonyl (C=O) groups excluding carboxylic acids is 1. The van der Waals surface area contributed by atoms with E-state index in [1.807, 2.05) is 18.2 Å². The Kier molecular flexibility index (Phi) is 4.28. The molecule has 1 heterocycles. The van der Waals surface area contributed by atoms with Crippen LogP contribution in [-0.4, -0.2) is 24.7 Å². The molecule has 1 aromatic carbocycles. The smallest absolute Gasteiger partial charge is 0.234 e. The van der Waals surface area contributed by atoms with Crippen molar-refractivity contribution in [2.45, 2.75) is 17.7 Å². The summed E-state index contributed by atoms with van der Waals surface area (Å²) in [6, 6.07) is 6.08. The normalized spacial score (nSPS) is 14.1. The zero-order valence-corrected chi connectivity index (χ0v) is 10.5. The number of unbranched alkanes of at least 4 members (excludes halogenated alkanes) is 1. The maximum atomic E-state index is 11.3. The Morgan fingerprint density at radius 1 is 1.41 bits per heavy atom. The van der Waals surface area contributed by atoms with Gasteiger partial charge in [-0.1, -0.05) is 0 Å². The van der Waals surface area contributed by atoms with Gasteiger partial charge in [-0.25, -0.2) is 0 Å². The number of anilines is 2. The van der Waals surface area contributed by atoms with Crippen LogP contribution in [-0.2, 0) is 4.79 Å². The van der Waals surface area contributed by atoms with E-state index in [9.17, 15) is 4.79 Å². The molecule has 2 rings (SSSR count). The highest BCUT2D eigenvalue weighted by atomic mass is 32.2. The van der Waals surface area contributed by atoms with Gasteiger partial charge in [-0.2, -0.15) is 0 Å². The number of thioether (sulfide) groups is 1. The molecule has 0 bridgehead atoms. The first-order valence-electron chi connectivity index (χ1n) is 5.80. The lowest BCUT2D eigenvalue weighted by molar-refractivity contribution is -0.113. The Balaban J connectivity index is 1.95. The summed E-state index contributed by atoms with van der Waals surface area (Å²) in [5.41, 5.74) is 7.39. The fraction of sp³-hybridized carbons (Fsp3) is 0.417. The molecule has 0 aromatic heterocycles. The van der Waals surface area contributed by atoms with Gasteiger partial charge >= 0.3 is 0 Å². The van der Waals surface area contributed by atoms with Gasteiger partial charge in [0.25, 0.3) is 0 Å². The van der Waals surface area contributed by atoms with Crippen molar-refractivity contribution in [3.63, 3.8) is 0 Å². The Labute approximate surface area is 105 Å². The highest BCUT2D eigenvalue weighted by Crippen LogP contribution is 2.33. The van der Waals surface area contributed by atoms with Crippen molar-refractivity contribution in [2.24, 2.45) is 5.73 Å². The molecule has 1 aliphatic rings. The van der Waals surface area contributed by atoms with Crippen LogP contribution in [0.5, 0.6) is 0 Å². The van der Waals surface area contributed by atoms with Crippen molar-refractivity contribution in [1.82, 2.24) is 0 Å². The number of carbonyl (C=O) groups is 1. The molecule has 0 spiro atoms. The molecule has 0 fully saturated rings. The summed E-state index contributed by atoms with van der Waals surface area (Å²) in [6.45, 7) is 1.65. The van der Waals surface area contributed by atoms with Crippen LogP contribution in [0.1, 0.15) is 12.8 Å². The van der Waals surface area contributed by atoms with Crippen LogP contribution in [0.2, 0.25) is 0 Å². The van der Waals surface area contributed by atoms with Crippen LogP contribution in [0, 0.1) is 0 Å². The van der Waals surface area contributed by atoms with Crippen molar-refractivity contribution >= 4 is 29.0 Å². The highest BCUT2D eigenvalue weighted by Gasteiger charge is 2.15. The number of rotatable bonds is 5. The first kappa shape index (κ1) is 12.3. The molecule has 1 amide bonds. The molecule has 5 heteroatoms. The molecular formula is C12H17N3OS. The maximum Gasteiger partial charge on any atom is 0.234 e. The molecular weight excluding hydrogens is 234 g/mol. The quantitative estimate of drug-likeness (QED) is 0.699. The Bertz CT molecular complexity index is 409. The minimum absolute atomic E-state index is 0.0720. The summed E-state index contributed by atoms with van der Waals surface area (Å²) in [6.07, 6.45) is 2.10. The summed E-state index contributed by atoms with van der Waals surface area (Å²) >= 11 is 1.58. The standard InChI is InChI=1S/C12H17N3OS/c13-5-1-2-6-14-9-3-4-11-10(7-9)15-12(16)8-17-11/h3-4,7,14H,1-2,5-6,8,13H2,(H,15,16). The minimum Gasteiger partial charge on any atom is -0.385 e. The van der Waals surface area contributed by atoms with E-state index in [4.69, 9.17) is 5.73 Å². The van der Waals surface area contributed by atoms with E-state index in [0.29, 0.717) is 5.75 Å². The molecule has 0 unspecified atom stereocenters. The van der Waals surface area contributed by atoms with Gasteiger partial charge in [-0.3, -0.25) is 4.79 Å². The molecule has 0 saturated heterocycles. The predicted octanol–water partition coefficient (Wildman–Crippen LogP) is 1.88. The fourth-order valence-corrected chi connectivity index (χ4v) is 2.48. The summed E-state index contributed by atoms with van der Waals surface area (Å²) in [4.78, 5) is 12.4. The molecule has 92 valence electrons. The second-order valence-electron chi connectivity index (χ2n) is 3.97. The van der Waals surface area contributed by atoms with Gasteiger partial charge in [0.2, 0.25) is 5.91 Å². The van der Waals surface area contributed by atoms with Crippen molar-refractivity contribution < 1.29 is 4.79 Å². The molecule has 1 aliphatic heterocycles. The fourth-order valence-electron chi connectivity index (χ4n) is 1.70. The number of nitrogens with two attached hydrogens (primary N) is 1. The molecule has 1 aromatic rings. The van der Waals surface area contributed by atoms with E-state index in [-0.39, 0.29) is 5.91 Å². The van der Waals surface area contributed by atoms with E-state index in [0.717, 1.165) is 42.2 Å². The summed E-state index contributed by atoms with van der Waals surface area (Å²) in [5.74, 6) is 0.582. The van der Waals surface area contributed by atoms with Crippen molar-refractivity contribution in [2.75, 3.05) is 29.5 Å². The van der Waals surface area contributed by atoms with Gasteiger partial charge in [0.15, 0.2) is 0 Å². The lowest BCUT2D eigenvalue weighted by Crippen LogP contribution is -2.18. The average Bonchev–Trinajstić information content (AvgIpc) is 2.34. The van der Waals surface area contributed by atoms with E-state index in [2.05, 4.69) is 10.6 Å². The molecule has 4 nitrogen and oxygen atoms in total. The highest BCUT2D eigenvalue weighted by molar-refractivity contribution is 8.00. The minimum atomic E-state index is 0.0720. The Hall–Kier alpha value is -1.20. The Morgan fingerprint density at radius 3 is 3.12 bits per heavy atom. The third-order valence-electron chi connectivity index (χ3n) is 2.57. The van der Waals surface area contributed by atoms with Crippen LogP contribution in [0.3, 0.4) is 0 Å². The summed E-state index contributed by atoms with van der Waals surface area (Å²) in [5, 5.41) is 6.21. The van der Waals surface area contributed by atoms with Crippen LogP contribution in [0.25, 0.3) is 0 Å². The second kappa shape index (κ2) is 5.93. The van der Waals surface area contributed by atoms with Gasteiger partial charge < -0.3 is 16.4 Å². The van der Waals surface area contributed by atoms with Gasteiger partial charge in [0, 0.05) is 17.1 Å². The average molecular weight is 251 g/mol. The van der Waals surface area contributed by atoms with Gasteiger partial charge in [-0.15, -0.1) is 11.8 Å². The van der Waals surface area contributed by atoms with Crippen LogP contribution < -0.4 is 16.4 Å². The Morgan fingerprint density at radius 2 is 2.29 bits per heavy atom. The number of fused-ring (bicyclic) bond motifs is 1. The van der Waals surface area contributed by atoms with Gasteiger partial charge in [0.05, 0.1) is 11.4 Å². The van der Waals surface area contributed by atoms with E-state index in [1.165, 1.54) is 0 Å². The number of nitrogens with one attached hydrogen (secondary N) is 2. The van der Waals surface area contributed by atoms with Crippen molar-refractivity contribution in [3.8, 4) is 0 Å². The zero-order valence-electron chi connectivity index (χ0n) is 9.66. The van der Waals surface area contributed by atoms with E-state index < -0.39 is 0 Å². The first-order valence-corrected chi connectivity index (χ1v) is 6.79. The van der Waals surface area contributed by atoms with Crippen molar-refractivity contribution in [1.29, 1.82) is 0 Å². The van der Waals surface area contributed by atoms with Crippen LogP contribution >= 0.6 is 11.8 Å². The first-order chi connectivity index (χ1) is 8.29. The number of benzene rings is 1. The monoisotopic (exact) mass is 251 g/mol. The number of hydrogen-bond donors (Lipinski definition) is 3. The summed E-state index contributed by atoms with van der Waals surface area (Å²) < 4.78 is 0. The van der Waals surface area contributed by atoms with Crippen LogP contribution in [0.15, 0.2) is 23.1 Å². The lowest BCUT2D eigenvalue weighted by atomic mass is 10.2. The largest absolute Gasteiger partial charge is 0.385 e. The van der Waals surface area contributed by atoms with Crippen LogP contribution in [0.4, 0.5) is 11.4 Å². The second-order valence-corrected chi connectivity index (χ2v) is 4.99. The van der Waals surface area contributed by atoms with E-state index >= 15 is 0 Å². The lowest BCUT2D eigenvalue weighted by Gasteiger charge is -2.17. The maximum absolute atomic E-state index is 11.3. The zero-order chi connectivity index (χ0) is 12.1. The number of hydrogen-bond acceptors (Lipinski definition) is 4. The predicted molar refractivity (Wildman–Crippen MR) is 72.6 cm³/mol. The molecule has 4 N–H and O–H groups in total. The molecule has 0 saturated carbocycles. The van der Waals surface area contributed by atoms with E-state index in [1.54, 1.807) is 11.8 Å². The molecule has 0 atom stereocenters. The summed E-state index contributed by atoms with van der Waals surface area (Å²) in [7, 11) is 0. The number of amides is 1. The third kappa shape index (κ3) is 3.38. The topological polar surface area (TPSA) is 67.2 Å². The molecule has 17 heavy (non-hydrogen) atoms.